The number of rotatable bonds is 11. The number of benzene rings is 2. The first-order chi connectivity index (χ1) is 15.5. The highest BCUT2D eigenvalue weighted by Crippen LogP contribution is 2.18. The first-order valence-electron chi connectivity index (χ1n) is 11.3. The Balaban J connectivity index is 1.45. The molecule has 32 heavy (non-hydrogen) atoms. The normalized spacial score (nSPS) is 15.4. The number of hydrogen-bond donors (Lipinski definition) is 3. The average Bonchev–Trinajstić information content (AvgIpc) is 3.30. The molecule has 0 spiro atoms. The lowest BCUT2D eigenvalue weighted by molar-refractivity contribution is -0.114. The largest absolute Gasteiger partial charge is 0.494 e. The zero-order chi connectivity index (χ0) is 22.8. The van der Waals surface area contributed by atoms with E-state index in [1.54, 1.807) is 18.2 Å². The third kappa shape index (κ3) is 7.89. The summed E-state index contributed by atoms with van der Waals surface area (Å²) in [4.78, 5) is 24.8. The molecule has 1 saturated heterocycles. The van der Waals surface area contributed by atoms with Crippen LogP contribution in [0.1, 0.15) is 43.5 Å². The molecule has 1 heterocycles. The van der Waals surface area contributed by atoms with Gasteiger partial charge < -0.3 is 25.4 Å². The number of carbonyl (C=O) groups is 2. The van der Waals surface area contributed by atoms with Crippen molar-refractivity contribution >= 4 is 23.2 Å². The van der Waals surface area contributed by atoms with Gasteiger partial charge in [0.25, 0.3) is 5.91 Å². The van der Waals surface area contributed by atoms with Crippen molar-refractivity contribution in [2.45, 2.75) is 39.2 Å². The highest BCUT2D eigenvalue weighted by molar-refractivity contribution is 5.96. The van der Waals surface area contributed by atoms with E-state index in [1.165, 1.54) is 0 Å². The van der Waals surface area contributed by atoms with Crippen LogP contribution < -0.4 is 20.7 Å². The molecular weight excluding hydrogens is 406 g/mol. The predicted octanol–water partition coefficient (Wildman–Crippen LogP) is 4.07. The van der Waals surface area contributed by atoms with Gasteiger partial charge in [0, 0.05) is 36.2 Å². The van der Waals surface area contributed by atoms with Gasteiger partial charge in [0.1, 0.15) is 5.75 Å². The molecule has 3 rings (SSSR count). The summed E-state index contributed by atoms with van der Waals surface area (Å²) in [6, 6.07) is 14.5. The Morgan fingerprint density at radius 1 is 1.12 bits per heavy atom. The maximum Gasteiger partial charge on any atom is 0.251 e. The van der Waals surface area contributed by atoms with Crippen LogP contribution in [0.15, 0.2) is 48.5 Å². The summed E-state index contributed by atoms with van der Waals surface area (Å²) >= 11 is 0. The fraction of sp³-hybridized carbons (Fsp3) is 0.440. The molecule has 1 aliphatic rings. The SMILES string of the molecule is CC(C)CCOc1cccc(NC(=O)CNc2cccc(C(=O)NCC3CCCO3)c2)c1. The van der Waals surface area contributed by atoms with Gasteiger partial charge in [-0.15, -0.1) is 0 Å². The van der Waals surface area contributed by atoms with Crippen LogP contribution in [0, 0.1) is 5.92 Å². The molecule has 0 saturated carbocycles. The predicted molar refractivity (Wildman–Crippen MR) is 126 cm³/mol. The van der Waals surface area contributed by atoms with E-state index in [4.69, 9.17) is 9.47 Å². The van der Waals surface area contributed by atoms with Gasteiger partial charge in [0.15, 0.2) is 0 Å². The summed E-state index contributed by atoms with van der Waals surface area (Å²) in [6.07, 6.45) is 3.09. The fourth-order valence-corrected chi connectivity index (χ4v) is 3.35. The van der Waals surface area contributed by atoms with Crippen LogP contribution in [0.2, 0.25) is 0 Å². The summed E-state index contributed by atoms with van der Waals surface area (Å²) in [5.74, 6) is 0.980. The third-order valence-electron chi connectivity index (χ3n) is 5.17. The number of carbonyl (C=O) groups excluding carboxylic acids is 2. The maximum absolute atomic E-state index is 12.4. The summed E-state index contributed by atoms with van der Waals surface area (Å²) < 4.78 is 11.3. The second kappa shape index (κ2) is 12.1. The first-order valence-corrected chi connectivity index (χ1v) is 11.3. The highest BCUT2D eigenvalue weighted by atomic mass is 16.5. The molecule has 2 amide bonds. The second-order valence-electron chi connectivity index (χ2n) is 8.39. The van der Waals surface area contributed by atoms with Gasteiger partial charge in [-0.2, -0.15) is 0 Å². The molecule has 0 radical (unpaired) electrons. The van der Waals surface area contributed by atoms with Crippen molar-refractivity contribution in [3.8, 4) is 5.75 Å². The minimum Gasteiger partial charge on any atom is -0.494 e. The number of nitrogens with one attached hydrogen (secondary N) is 3. The summed E-state index contributed by atoms with van der Waals surface area (Å²) in [6.45, 7) is 6.31. The van der Waals surface area contributed by atoms with Crippen molar-refractivity contribution in [1.82, 2.24) is 5.32 Å². The summed E-state index contributed by atoms with van der Waals surface area (Å²) in [7, 11) is 0. The van der Waals surface area contributed by atoms with Crippen LogP contribution in [-0.2, 0) is 9.53 Å². The van der Waals surface area contributed by atoms with Crippen molar-refractivity contribution in [3.05, 3.63) is 54.1 Å². The van der Waals surface area contributed by atoms with Crippen LogP contribution in [0.25, 0.3) is 0 Å². The monoisotopic (exact) mass is 439 g/mol. The van der Waals surface area contributed by atoms with Crippen molar-refractivity contribution in [2.24, 2.45) is 5.92 Å². The van der Waals surface area contributed by atoms with Crippen molar-refractivity contribution < 1.29 is 19.1 Å². The minimum atomic E-state index is -0.183. The van der Waals surface area contributed by atoms with Crippen molar-refractivity contribution in [2.75, 3.05) is 36.9 Å². The van der Waals surface area contributed by atoms with Gasteiger partial charge in [-0.05, 0) is 55.5 Å². The molecule has 172 valence electrons. The van der Waals surface area contributed by atoms with E-state index in [0.717, 1.165) is 31.6 Å². The van der Waals surface area contributed by atoms with E-state index in [0.29, 0.717) is 36.0 Å². The Bertz CT molecular complexity index is 894. The molecule has 0 aliphatic carbocycles. The smallest absolute Gasteiger partial charge is 0.251 e. The molecule has 2 aromatic rings. The van der Waals surface area contributed by atoms with E-state index in [9.17, 15) is 9.59 Å². The molecule has 0 bridgehead atoms. The molecule has 7 nitrogen and oxygen atoms in total. The molecule has 1 aliphatic heterocycles. The molecular formula is C25H33N3O4. The molecule has 1 atom stereocenters. The quantitative estimate of drug-likeness (QED) is 0.491. The Hall–Kier alpha value is -3.06. The van der Waals surface area contributed by atoms with Crippen molar-refractivity contribution in [3.63, 3.8) is 0 Å². The zero-order valence-electron chi connectivity index (χ0n) is 18.9. The van der Waals surface area contributed by atoms with E-state index in [2.05, 4.69) is 29.8 Å². The molecule has 2 aromatic carbocycles. The standard InChI is InChI=1S/C25H33N3O4/c1-18(2)11-13-32-22-9-4-8-21(15-22)28-24(29)17-26-20-7-3-6-19(14-20)25(30)27-16-23-10-5-12-31-23/h3-4,6-9,14-15,18,23,26H,5,10-13,16-17H2,1-2H3,(H,27,30)(H,28,29). The van der Waals surface area contributed by atoms with Gasteiger partial charge in [-0.1, -0.05) is 26.0 Å². The Morgan fingerprint density at radius 3 is 2.72 bits per heavy atom. The fourth-order valence-electron chi connectivity index (χ4n) is 3.35. The maximum atomic E-state index is 12.4. The zero-order valence-corrected chi connectivity index (χ0v) is 18.9. The van der Waals surface area contributed by atoms with Crippen LogP contribution in [0.4, 0.5) is 11.4 Å². The first kappa shape index (κ1) is 23.6. The average molecular weight is 440 g/mol. The van der Waals surface area contributed by atoms with Crippen molar-refractivity contribution in [1.29, 1.82) is 0 Å². The number of amides is 2. The van der Waals surface area contributed by atoms with Crippen LogP contribution in [0.3, 0.4) is 0 Å². The molecule has 3 N–H and O–H groups in total. The summed E-state index contributed by atoms with van der Waals surface area (Å²) in [5, 5.41) is 8.85. The van der Waals surface area contributed by atoms with Crippen LogP contribution in [0.5, 0.6) is 5.75 Å². The van der Waals surface area contributed by atoms with Gasteiger partial charge in [-0.25, -0.2) is 0 Å². The Morgan fingerprint density at radius 2 is 1.94 bits per heavy atom. The lowest BCUT2D eigenvalue weighted by atomic mass is 10.1. The lowest BCUT2D eigenvalue weighted by Gasteiger charge is -2.12. The molecule has 0 aromatic heterocycles. The van der Waals surface area contributed by atoms with E-state index < -0.39 is 0 Å². The van der Waals surface area contributed by atoms with E-state index in [-0.39, 0.29) is 24.5 Å². The van der Waals surface area contributed by atoms with Gasteiger partial charge in [-0.3, -0.25) is 9.59 Å². The number of ether oxygens (including phenoxy) is 2. The van der Waals surface area contributed by atoms with Crippen LogP contribution >= 0.6 is 0 Å². The van der Waals surface area contributed by atoms with Gasteiger partial charge in [0.2, 0.25) is 5.91 Å². The number of hydrogen-bond acceptors (Lipinski definition) is 5. The molecule has 1 fully saturated rings. The highest BCUT2D eigenvalue weighted by Gasteiger charge is 2.16. The summed E-state index contributed by atoms with van der Waals surface area (Å²) in [5.41, 5.74) is 1.93. The van der Waals surface area contributed by atoms with E-state index in [1.807, 2.05) is 30.3 Å². The topological polar surface area (TPSA) is 88.7 Å². The third-order valence-corrected chi connectivity index (χ3v) is 5.17. The van der Waals surface area contributed by atoms with Gasteiger partial charge in [0.05, 0.1) is 19.3 Å². The Labute approximate surface area is 189 Å². The lowest BCUT2D eigenvalue weighted by Crippen LogP contribution is -2.31. The molecule has 7 heteroatoms. The van der Waals surface area contributed by atoms with Crippen LogP contribution in [-0.4, -0.2) is 44.2 Å². The molecule has 1 unspecified atom stereocenters. The Kier molecular flexibility index (Phi) is 8.92. The van der Waals surface area contributed by atoms with E-state index >= 15 is 0 Å². The second-order valence-corrected chi connectivity index (χ2v) is 8.39. The minimum absolute atomic E-state index is 0.0828. The number of anilines is 2. The van der Waals surface area contributed by atoms with Gasteiger partial charge >= 0.3 is 0 Å².